The fourth-order valence-corrected chi connectivity index (χ4v) is 4.91. The summed E-state index contributed by atoms with van der Waals surface area (Å²) >= 11 is 0. The molecule has 36 heavy (non-hydrogen) atoms. The van der Waals surface area contributed by atoms with Gasteiger partial charge in [0.05, 0.1) is 26.9 Å². The average Bonchev–Trinajstić information content (AvgIpc) is 3.23. The number of para-hydroxylation sites is 2. The van der Waals surface area contributed by atoms with Crippen LogP contribution in [-0.4, -0.2) is 75.3 Å². The van der Waals surface area contributed by atoms with Gasteiger partial charge in [0, 0.05) is 13.1 Å². The van der Waals surface area contributed by atoms with Crippen molar-refractivity contribution in [3.8, 4) is 23.1 Å². The minimum Gasteiger partial charge on any atom is -0.493 e. The summed E-state index contributed by atoms with van der Waals surface area (Å²) in [6, 6.07) is 6.80. The Morgan fingerprint density at radius 3 is 2.50 bits per heavy atom. The number of nitrogens with one attached hydrogen (secondary N) is 1. The Kier molecular flexibility index (Phi) is 7.76. The van der Waals surface area contributed by atoms with Crippen molar-refractivity contribution in [1.82, 2.24) is 15.1 Å². The van der Waals surface area contributed by atoms with Crippen LogP contribution in [0.15, 0.2) is 33.7 Å². The fraction of sp³-hybridized carbons (Fsp3) is 0.409. The second-order valence-corrected chi connectivity index (χ2v) is 9.31. The number of aromatic nitrogens is 3. The predicted octanol–water partition coefficient (Wildman–Crippen LogP) is 1.89. The van der Waals surface area contributed by atoms with Gasteiger partial charge in [-0.1, -0.05) is 17.3 Å². The Morgan fingerprint density at radius 2 is 1.86 bits per heavy atom. The molecule has 3 aromatic rings. The number of anilines is 2. The highest BCUT2D eigenvalue weighted by Crippen LogP contribution is 2.41. The normalized spacial score (nSPS) is 13.9. The lowest BCUT2D eigenvalue weighted by molar-refractivity contribution is 0.122. The van der Waals surface area contributed by atoms with Crippen molar-refractivity contribution < 1.29 is 37.0 Å². The average molecular weight is 522 g/mol. The molecule has 1 aliphatic heterocycles. The smallest absolute Gasteiger partial charge is 0.268 e. The lowest BCUT2D eigenvalue weighted by atomic mass is 10.3. The number of benzene rings is 1. The second-order valence-electron chi connectivity index (χ2n) is 7.69. The molecule has 0 saturated carbocycles. The third-order valence-electron chi connectivity index (χ3n) is 5.20. The first-order valence-corrected chi connectivity index (χ1v) is 12.6. The van der Waals surface area contributed by atoms with E-state index in [1.807, 2.05) is 4.90 Å². The van der Waals surface area contributed by atoms with Crippen molar-refractivity contribution in [2.24, 2.45) is 0 Å². The summed E-state index contributed by atoms with van der Waals surface area (Å²) in [4.78, 5) is 10.7. The summed E-state index contributed by atoms with van der Waals surface area (Å²) < 4.78 is 56.8. The highest BCUT2D eigenvalue weighted by Gasteiger charge is 2.30. The van der Waals surface area contributed by atoms with E-state index in [1.165, 1.54) is 21.0 Å². The zero-order valence-electron chi connectivity index (χ0n) is 20.1. The second kappa shape index (κ2) is 11.0. The quantitative estimate of drug-likeness (QED) is 0.400. The van der Waals surface area contributed by atoms with E-state index in [9.17, 15) is 13.5 Å². The molecule has 0 atom stereocenters. The van der Waals surface area contributed by atoms with Gasteiger partial charge in [0.15, 0.2) is 28.0 Å². The van der Waals surface area contributed by atoms with Crippen molar-refractivity contribution in [3.63, 3.8) is 0 Å². The van der Waals surface area contributed by atoms with Crippen LogP contribution in [0.3, 0.4) is 0 Å². The van der Waals surface area contributed by atoms with E-state index in [0.717, 1.165) is 0 Å². The maximum atomic E-state index is 13.4. The van der Waals surface area contributed by atoms with Gasteiger partial charge in [0.2, 0.25) is 11.7 Å². The molecule has 1 aromatic carbocycles. The Balaban J connectivity index is 1.85. The van der Waals surface area contributed by atoms with E-state index in [-0.39, 0.29) is 58.7 Å². The molecule has 14 heteroatoms. The van der Waals surface area contributed by atoms with Crippen molar-refractivity contribution in [2.45, 2.75) is 18.7 Å². The molecular weight excluding hydrogens is 494 g/mol. The molecule has 194 valence electrons. The van der Waals surface area contributed by atoms with E-state index in [4.69, 9.17) is 23.5 Å². The molecule has 4 rings (SSSR count). The van der Waals surface area contributed by atoms with E-state index >= 15 is 0 Å². The largest absolute Gasteiger partial charge is 0.493 e. The first-order valence-electron chi connectivity index (χ1n) is 11.1. The van der Waals surface area contributed by atoms with Crippen LogP contribution in [-0.2, 0) is 14.8 Å². The number of hydrogen-bond donors (Lipinski definition) is 2. The Hall–Kier alpha value is -3.62. The number of rotatable bonds is 10. The van der Waals surface area contributed by atoms with E-state index < -0.39 is 10.0 Å². The predicted molar refractivity (Wildman–Crippen MR) is 127 cm³/mol. The van der Waals surface area contributed by atoms with Gasteiger partial charge in [-0.15, -0.1) is 0 Å². The highest BCUT2D eigenvalue weighted by molar-refractivity contribution is 7.92. The van der Waals surface area contributed by atoms with E-state index in [1.54, 1.807) is 24.3 Å². The molecule has 0 aliphatic carbocycles. The van der Waals surface area contributed by atoms with Crippen molar-refractivity contribution >= 4 is 21.8 Å². The molecule has 1 saturated heterocycles. The molecule has 0 radical (unpaired) electrons. The molecule has 2 N–H and O–H groups in total. The van der Waals surface area contributed by atoms with Crippen LogP contribution in [0.25, 0.3) is 0 Å². The fourth-order valence-electron chi connectivity index (χ4n) is 3.57. The molecule has 0 amide bonds. The first kappa shape index (κ1) is 25.5. The lowest BCUT2D eigenvalue weighted by Crippen LogP contribution is -2.37. The Labute approximate surface area is 208 Å². The molecule has 13 nitrogen and oxygen atoms in total. The van der Waals surface area contributed by atoms with Gasteiger partial charge in [-0.2, -0.15) is 9.97 Å². The van der Waals surface area contributed by atoms with Gasteiger partial charge >= 0.3 is 0 Å². The van der Waals surface area contributed by atoms with Crippen LogP contribution in [0.4, 0.5) is 11.8 Å². The molecular formula is C22H27N5O8S. The molecule has 3 heterocycles. The number of aliphatic hydroxyl groups is 1. The SMILES string of the molecule is COc1ccccc1Oc1c(NS(=O)(=O)c2c(C)noc2C)nc(N2CCOCC2)nc1OCCO. The Morgan fingerprint density at radius 1 is 1.14 bits per heavy atom. The van der Waals surface area contributed by atoms with Crippen molar-refractivity contribution in [3.05, 3.63) is 35.7 Å². The number of aryl methyl sites for hydroxylation is 2. The lowest BCUT2D eigenvalue weighted by Gasteiger charge is -2.28. The molecule has 0 unspecified atom stereocenters. The number of ether oxygens (including phenoxy) is 4. The monoisotopic (exact) mass is 521 g/mol. The maximum Gasteiger partial charge on any atom is 0.268 e. The van der Waals surface area contributed by atoms with Crippen LogP contribution in [0.2, 0.25) is 0 Å². The zero-order chi connectivity index (χ0) is 25.7. The minimum absolute atomic E-state index is 0.0667. The standard InChI is InChI=1S/C22H27N5O8S/c1-14-19(15(2)35-25-14)36(29,30)26-20-18(34-17-7-5-4-6-16(17)31-3)21(33-13-10-28)24-22(23-20)27-8-11-32-12-9-27/h4-7,28H,8-13H2,1-3H3,(H,23,24,26). The molecule has 0 bridgehead atoms. The Bertz CT molecular complexity index is 1290. The summed E-state index contributed by atoms with van der Waals surface area (Å²) in [6.45, 7) is 4.49. The topological polar surface area (TPSA) is 158 Å². The van der Waals surface area contributed by atoms with Gasteiger partial charge in [-0.05, 0) is 26.0 Å². The summed E-state index contributed by atoms with van der Waals surface area (Å²) in [5.41, 5.74) is 0.186. The maximum absolute atomic E-state index is 13.4. The van der Waals surface area contributed by atoms with Gasteiger partial charge in [-0.25, -0.2) is 8.42 Å². The molecule has 0 spiro atoms. The van der Waals surface area contributed by atoms with Gasteiger partial charge in [0.1, 0.15) is 12.3 Å². The van der Waals surface area contributed by atoms with Crippen LogP contribution >= 0.6 is 0 Å². The van der Waals surface area contributed by atoms with Crippen molar-refractivity contribution in [2.75, 3.05) is 56.2 Å². The number of sulfonamides is 1. The van der Waals surface area contributed by atoms with Crippen LogP contribution in [0.5, 0.6) is 23.1 Å². The zero-order valence-corrected chi connectivity index (χ0v) is 20.9. The van der Waals surface area contributed by atoms with E-state index in [2.05, 4.69) is 19.8 Å². The van der Waals surface area contributed by atoms with Gasteiger partial charge < -0.3 is 33.5 Å². The number of nitrogens with zero attached hydrogens (tertiary/aromatic N) is 4. The third kappa shape index (κ3) is 5.45. The van der Waals surface area contributed by atoms with E-state index in [0.29, 0.717) is 32.1 Å². The van der Waals surface area contributed by atoms with Crippen LogP contribution in [0, 0.1) is 13.8 Å². The summed E-state index contributed by atoms with van der Waals surface area (Å²) in [6.07, 6.45) is 0. The number of morpholine rings is 1. The van der Waals surface area contributed by atoms with Crippen LogP contribution < -0.4 is 23.8 Å². The third-order valence-corrected chi connectivity index (χ3v) is 6.78. The molecule has 1 fully saturated rings. The van der Waals surface area contributed by atoms with Gasteiger partial charge in [-0.3, -0.25) is 4.72 Å². The highest BCUT2D eigenvalue weighted by atomic mass is 32.2. The molecule has 1 aliphatic rings. The molecule has 2 aromatic heterocycles. The number of methoxy groups -OCH3 is 1. The first-order chi connectivity index (χ1) is 17.3. The van der Waals surface area contributed by atoms with Gasteiger partial charge in [0.25, 0.3) is 15.9 Å². The van der Waals surface area contributed by atoms with Crippen LogP contribution in [0.1, 0.15) is 11.5 Å². The number of aliphatic hydroxyl groups excluding tert-OH is 1. The van der Waals surface area contributed by atoms with Crippen molar-refractivity contribution in [1.29, 1.82) is 0 Å². The summed E-state index contributed by atoms with van der Waals surface area (Å²) in [5.74, 6) is 0.631. The number of hydrogen-bond acceptors (Lipinski definition) is 12. The minimum atomic E-state index is -4.20. The summed E-state index contributed by atoms with van der Waals surface area (Å²) in [5, 5.41) is 13.1. The summed E-state index contributed by atoms with van der Waals surface area (Å²) in [7, 11) is -2.73.